The van der Waals surface area contributed by atoms with Gasteiger partial charge in [0, 0.05) is 43.0 Å². The average molecular weight is 428 g/mol. The Morgan fingerprint density at radius 3 is 2.50 bits per heavy atom. The second-order valence-electron chi connectivity index (χ2n) is 7.47. The van der Waals surface area contributed by atoms with Gasteiger partial charge in [0.2, 0.25) is 10.0 Å². The van der Waals surface area contributed by atoms with Crippen LogP contribution >= 0.6 is 0 Å². The molecule has 4 rings (SSSR count). The van der Waals surface area contributed by atoms with Gasteiger partial charge < -0.3 is 10.1 Å². The van der Waals surface area contributed by atoms with Gasteiger partial charge in [-0.1, -0.05) is 12.1 Å². The van der Waals surface area contributed by atoms with Crippen LogP contribution in [0.3, 0.4) is 0 Å². The van der Waals surface area contributed by atoms with Crippen LogP contribution in [0, 0.1) is 0 Å². The third-order valence-corrected chi connectivity index (χ3v) is 6.78. The summed E-state index contributed by atoms with van der Waals surface area (Å²) in [7, 11) is -3.40. The zero-order chi connectivity index (χ0) is 21.1. The summed E-state index contributed by atoms with van der Waals surface area (Å²) in [5, 5.41) is 4.06. The smallest absolute Gasteiger partial charge is 0.216 e. The van der Waals surface area contributed by atoms with E-state index in [1.54, 1.807) is 12.4 Å². The van der Waals surface area contributed by atoms with Gasteiger partial charge in [-0.3, -0.25) is 4.98 Å². The summed E-state index contributed by atoms with van der Waals surface area (Å²) in [5.74, 6) is 1.17. The van der Waals surface area contributed by atoms with Gasteiger partial charge in [0.15, 0.2) is 5.82 Å². The Morgan fingerprint density at radius 2 is 1.77 bits per heavy atom. The van der Waals surface area contributed by atoms with E-state index in [0.29, 0.717) is 24.7 Å². The molecule has 30 heavy (non-hydrogen) atoms. The van der Waals surface area contributed by atoms with E-state index in [4.69, 9.17) is 4.74 Å². The summed E-state index contributed by atoms with van der Waals surface area (Å²) in [4.78, 5) is 13.3. The van der Waals surface area contributed by atoms with Gasteiger partial charge in [0.05, 0.1) is 23.5 Å². The number of hydrogen-bond donors (Lipinski definition) is 1. The first-order valence-electron chi connectivity index (χ1n) is 9.97. The van der Waals surface area contributed by atoms with Crippen LogP contribution in [0.25, 0.3) is 22.3 Å². The molecule has 158 valence electrons. The highest BCUT2D eigenvalue weighted by atomic mass is 32.2. The van der Waals surface area contributed by atoms with Crippen molar-refractivity contribution in [3.63, 3.8) is 0 Å². The molecular weight excluding hydrogens is 402 g/mol. The van der Waals surface area contributed by atoms with Crippen molar-refractivity contribution < 1.29 is 13.2 Å². The van der Waals surface area contributed by atoms with E-state index in [-0.39, 0.29) is 24.5 Å². The van der Waals surface area contributed by atoms with Gasteiger partial charge in [-0.05, 0) is 38.1 Å². The number of pyridine rings is 1. The molecule has 0 saturated carbocycles. The maximum absolute atomic E-state index is 12.8. The number of fused-ring (bicyclic) bond motifs is 1. The van der Waals surface area contributed by atoms with Crippen LogP contribution in [0.15, 0.2) is 48.8 Å². The molecule has 9 heteroatoms. The van der Waals surface area contributed by atoms with Crippen LogP contribution < -0.4 is 5.32 Å². The van der Waals surface area contributed by atoms with Crippen molar-refractivity contribution in [1.29, 1.82) is 0 Å². The minimum Gasteiger partial charge on any atom is -0.373 e. The minimum atomic E-state index is -3.40. The number of hydrogen-bond acceptors (Lipinski definition) is 7. The number of ether oxygens (including phenoxy) is 1. The number of anilines is 1. The number of benzene rings is 1. The molecule has 1 saturated heterocycles. The lowest BCUT2D eigenvalue weighted by Gasteiger charge is -2.34. The van der Waals surface area contributed by atoms with E-state index in [1.807, 2.05) is 50.2 Å². The van der Waals surface area contributed by atoms with Gasteiger partial charge in [0.25, 0.3) is 0 Å². The molecule has 2 atom stereocenters. The Balaban J connectivity index is 1.54. The lowest BCUT2D eigenvalue weighted by molar-refractivity contribution is -0.0440. The van der Waals surface area contributed by atoms with Crippen molar-refractivity contribution in [2.45, 2.75) is 26.1 Å². The Bertz CT molecular complexity index is 1110. The van der Waals surface area contributed by atoms with Crippen molar-refractivity contribution in [1.82, 2.24) is 19.3 Å². The summed E-state index contributed by atoms with van der Waals surface area (Å²) in [6.07, 6.45) is 3.17. The Morgan fingerprint density at radius 1 is 1.07 bits per heavy atom. The second-order valence-corrected chi connectivity index (χ2v) is 9.55. The summed E-state index contributed by atoms with van der Waals surface area (Å²) in [6, 6.07) is 11.4. The second kappa shape index (κ2) is 8.63. The summed E-state index contributed by atoms with van der Waals surface area (Å²) in [5.41, 5.74) is 1.64. The number of nitrogens with one attached hydrogen (secondary N) is 1. The normalized spacial score (nSPS) is 20.3. The van der Waals surface area contributed by atoms with Gasteiger partial charge in [-0.25, -0.2) is 18.4 Å². The Kier molecular flexibility index (Phi) is 5.94. The third kappa shape index (κ3) is 4.58. The fraction of sp³-hybridized carbons (Fsp3) is 0.381. The van der Waals surface area contributed by atoms with Gasteiger partial charge in [-0.2, -0.15) is 4.31 Å². The summed E-state index contributed by atoms with van der Waals surface area (Å²) < 4.78 is 32.8. The molecule has 3 aromatic rings. The van der Waals surface area contributed by atoms with Crippen LogP contribution in [-0.2, 0) is 14.8 Å². The molecule has 0 amide bonds. The lowest BCUT2D eigenvalue weighted by Crippen LogP contribution is -2.49. The minimum absolute atomic E-state index is 0.0185. The first-order valence-corrected chi connectivity index (χ1v) is 11.6. The van der Waals surface area contributed by atoms with Crippen LogP contribution in [0.2, 0.25) is 0 Å². The van der Waals surface area contributed by atoms with Crippen LogP contribution in [0.4, 0.5) is 5.82 Å². The van der Waals surface area contributed by atoms with E-state index in [9.17, 15) is 8.42 Å². The first kappa shape index (κ1) is 20.6. The Hall–Kier alpha value is -2.62. The molecular formula is C21H25N5O3S. The van der Waals surface area contributed by atoms with E-state index in [0.717, 1.165) is 16.5 Å². The van der Waals surface area contributed by atoms with Crippen LogP contribution in [0.1, 0.15) is 13.8 Å². The quantitative estimate of drug-likeness (QED) is 0.646. The topological polar surface area (TPSA) is 97.3 Å². The molecule has 0 aliphatic carbocycles. The first-order chi connectivity index (χ1) is 14.4. The largest absolute Gasteiger partial charge is 0.373 e. The molecule has 3 heterocycles. The van der Waals surface area contributed by atoms with Crippen molar-refractivity contribution in [2.24, 2.45) is 0 Å². The standard InChI is InChI=1S/C21H25N5O3S/c1-15-13-26(14-16(2)29-15)30(27,28)12-11-23-21-18-5-3-4-6-19(18)24-20(25-21)17-7-9-22-10-8-17/h3-10,15-16H,11-14H2,1-2H3,(H,23,24,25). The molecule has 0 bridgehead atoms. The number of para-hydroxylation sites is 1. The fourth-order valence-corrected chi connectivity index (χ4v) is 5.12. The predicted molar refractivity (Wildman–Crippen MR) is 117 cm³/mol. The molecule has 1 fully saturated rings. The number of aromatic nitrogens is 3. The van der Waals surface area contributed by atoms with Crippen LogP contribution in [-0.4, -0.2) is 65.3 Å². The SMILES string of the molecule is CC1CN(S(=O)(=O)CCNc2nc(-c3ccncc3)nc3ccccc23)CC(C)O1. The molecule has 1 aromatic carbocycles. The summed E-state index contributed by atoms with van der Waals surface area (Å²) in [6.45, 7) is 4.80. The molecule has 0 radical (unpaired) electrons. The van der Waals surface area contributed by atoms with E-state index >= 15 is 0 Å². The van der Waals surface area contributed by atoms with Crippen molar-refractivity contribution >= 4 is 26.7 Å². The van der Waals surface area contributed by atoms with Gasteiger partial charge >= 0.3 is 0 Å². The molecule has 1 aliphatic heterocycles. The maximum Gasteiger partial charge on any atom is 0.216 e. The molecule has 2 aromatic heterocycles. The van der Waals surface area contributed by atoms with Crippen molar-refractivity contribution in [3.05, 3.63) is 48.8 Å². The molecule has 0 spiro atoms. The summed E-state index contributed by atoms with van der Waals surface area (Å²) >= 11 is 0. The fourth-order valence-electron chi connectivity index (χ4n) is 3.63. The van der Waals surface area contributed by atoms with E-state index < -0.39 is 10.0 Å². The molecule has 8 nitrogen and oxygen atoms in total. The molecule has 1 aliphatic rings. The number of rotatable bonds is 6. The highest BCUT2D eigenvalue weighted by Gasteiger charge is 2.30. The maximum atomic E-state index is 12.8. The highest BCUT2D eigenvalue weighted by Crippen LogP contribution is 2.24. The zero-order valence-corrected chi connectivity index (χ0v) is 17.8. The van der Waals surface area contributed by atoms with E-state index in [2.05, 4.69) is 20.3 Å². The lowest BCUT2D eigenvalue weighted by atomic mass is 10.2. The monoisotopic (exact) mass is 427 g/mol. The predicted octanol–water partition coefficient (Wildman–Crippen LogP) is 2.54. The number of sulfonamides is 1. The molecule has 1 N–H and O–H groups in total. The molecule has 2 unspecified atom stereocenters. The van der Waals surface area contributed by atoms with Gasteiger partial charge in [-0.15, -0.1) is 0 Å². The highest BCUT2D eigenvalue weighted by molar-refractivity contribution is 7.89. The van der Waals surface area contributed by atoms with Gasteiger partial charge in [0.1, 0.15) is 5.82 Å². The van der Waals surface area contributed by atoms with Crippen molar-refractivity contribution in [2.75, 3.05) is 30.7 Å². The third-order valence-electron chi connectivity index (χ3n) is 4.97. The number of morpholine rings is 1. The zero-order valence-electron chi connectivity index (χ0n) is 17.0. The van der Waals surface area contributed by atoms with Crippen LogP contribution in [0.5, 0.6) is 0 Å². The van der Waals surface area contributed by atoms with Crippen molar-refractivity contribution in [3.8, 4) is 11.4 Å². The average Bonchev–Trinajstić information content (AvgIpc) is 2.73. The van der Waals surface area contributed by atoms with E-state index in [1.165, 1.54) is 4.31 Å². The Labute approximate surface area is 176 Å². The number of nitrogens with zero attached hydrogens (tertiary/aromatic N) is 4.